The van der Waals surface area contributed by atoms with Gasteiger partial charge >= 0.3 is 11.9 Å². The minimum absolute atomic E-state index is 0.0714. The molecular formula is C10H5Cl2NO5. The van der Waals surface area contributed by atoms with Crippen LogP contribution in [-0.4, -0.2) is 27.5 Å². The Labute approximate surface area is 110 Å². The van der Waals surface area contributed by atoms with Gasteiger partial charge in [-0.3, -0.25) is 14.4 Å². The lowest BCUT2D eigenvalue weighted by Crippen LogP contribution is -2.22. The zero-order valence-electron chi connectivity index (χ0n) is 8.57. The lowest BCUT2D eigenvalue weighted by atomic mass is 10.1. The number of nitrogens with one attached hydrogen (secondary N) is 1. The summed E-state index contributed by atoms with van der Waals surface area (Å²) in [6, 6.07) is 3.38. The van der Waals surface area contributed by atoms with Crippen LogP contribution in [0.1, 0.15) is 20.7 Å². The van der Waals surface area contributed by atoms with E-state index in [4.69, 9.17) is 28.3 Å². The smallest absolute Gasteiger partial charge is 0.394 e. The number of hydrogen-bond donors (Lipinski definition) is 2. The first-order valence-corrected chi connectivity index (χ1v) is 5.16. The zero-order valence-corrected chi connectivity index (χ0v) is 10.1. The molecule has 2 N–H and O–H groups in total. The van der Waals surface area contributed by atoms with Gasteiger partial charge in [0, 0.05) is 16.8 Å². The van der Waals surface area contributed by atoms with Crippen LogP contribution in [0.5, 0.6) is 0 Å². The molecule has 94 valence electrons. The molecule has 0 fully saturated rings. The lowest BCUT2D eigenvalue weighted by molar-refractivity contribution is -0.147. The summed E-state index contributed by atoms with van der Waals surface area (Å²) < 4.78 is 0. The van der Waals surface area contributed by atoms with Gasteiger partial charge < -0.3 is 10.4 Å². The summed E-state index contributed by atoms with van der Waals surface area (Å²) in [6.45, 7) is 0. The third kappa shape index (κ3) is 3.54. The molecular weight excluding hydrogens is 285 g/mol. The summed E-state index contributed by atoms with van der Waals surface area (Å²) in [5, 5.41) is 8.63. The summed E-state index contributed by atoms with van der Waals surface area (Å²) in [7, 11) is 0. The fraction of sp³-hybridized carbons (Fsp3) is 0. The Bertz CT molecular complexity index is 523. The Balaban J connectivity index is 3.19. The molecule has 0 bridgehead atoms. The van der Waals surface area contributed by atoms with E-state index in [-0.39, 0.29) is 16.8 Å². The van der Waals surface area contributed by atoms with E-state index < -0.39 is 22.4 Å². The van der Waals surface area contributed by atoms with Crippen molar-refractivity contribution in [3.63, 3.8) is 0 Å². The van der Waals surface area contributed by atoms with Crippen molar-refractivity contribution >= 4 is 51.3 Å². The standard InChI is InChI=1S/C10H5Cl2NO5/c11-7(14)4-1-5(8(12)15)3-6(2-4)13-9(16)10(17)18/h1-3H,(H,13,16)(H,17,18). The number of aliphatic carboxylic acids is 1. The summed E-state index contributed by atoms with van der Waals surface area (Å²) in [5.41, 5.74) is -0.259. The lowest BCUT2D eigenvalue weighted by Gasteiger charge is -2.05. The monoisotopic (exact) mass is 289 g/mol. The van der Waals surface area contributed by atoms with E-state index in [1.807, 2.05) is 5.32 Å². The van der Waals surface area contributed by atoms with E-state index >= 15 is 0 Å². The summed E-state index contributed by atoms with van der Waals surface area (Å²) in [5.74, 6) is -3.03. The van der Waals surface area contributed by atoms with Crippen LogP contribution < -0.4 is 5.32 Å². The molecule has 0 aromatic heterocycles. The third-order valence-corrected chi connectivity index (χ3v) is 2.28. The predicted octanol–water partition coefficient (Wildman–Crippen LogP) is 1.47. The number of hydrogen-bond acceptors (Lipinski definition) is 4. The number of anilines is 1. The highest BCUT2D eigenvalue weighted by Crippen LogP contribution is 2.18. The Kier molecular flexibility index (Phi) is 4.41. The molecule has 0 aliphatic rings. The van der Waals surface area contributed by atoms with Crippen LogP contribution in [0.25, 0.3) is 0 Å². The van der Waals surface area contributed by atoms with E-state index in [9.17, 15) is 19.2 Å². The van der Waals surface area contributed by atoms with Crippen LogP contribution in [0.15, 0.2) is 18.2 Å². The van der Waals surface area contributed by atoms with Gasteiger partial charge in [-0.1, -0.05) is 0 Å². The maximum atomic E-state index is 11.0. The molecule has 0 saturated carbocycles. The highest BCUT2D eigenvalue weighted by molar-refractivity contribution is 6.69. The Morgan fingerprint density at radius 2 is 1.39 bits per heavy atom. The first-order chi connectivity index (χ1) is 8.31. The summed E-state index contributed by atoms with van der Waals surface area (Å²) >= 11 is 10.5. The predicted molar refractivity (Wildman–Crippen MR) is 63.1 cm³/mol. The van der Waals surface area contributed by atoms with Gasteiger partial charge in [0.15, 0.2) is 0 Å². The molecule has 0 heterocycles. The second-order valence-corrected chi connectivity index (χ2v) is 3.79. The quantitative estimate of drug-likeness (QED) is 0.648. The Hall–Kier alpha value is -1.92. The van der Waals surface area contributed by atoms with Gasteiger partial charge in [-0.25, -0.2) is 4.79 Å². The third-order valence-electron chi connectivity index (χ3n) is 1.84. The average Bonchev–Trinajstić information content (AvgIpc) is 2.28. The number of carbonyl (C=O) groups excluding carboxylic acids is 3. The van der Waals surface area contributed by atoms with Crippen LogP contribution in [0.3, 0.4) is 0 Å². The van der Waals surface area contributed by atoms with Crippen molar-refractivity contribution in [3.05, 3.63) is 29.3 Å². The molecule has 0 spiro atoms. The van der Waals surface area contributed by atoms with Crippen molar-refractivity contribution < 1.29 is 24.3 Å². The second kappa shape index (κ2) is 5.61. The topological polar surface area (TPSA) is 101 Å². The van der Waals surface area contributed by atoms with Crippen molar-refractivity contribution in [2.24, 2.45) is 0 Å². The number of rotatable bonds is 3. The van der Waals surface area contributed by atoms with E-state index in [0.717, 1.165) is 18.2 Å². The SMILES string of the molecule is O=C(O)C(=O)Nc1cc(C(=O)Cl)cc(C(=O)Cl)c1. The highest BCUT2D eigenvalue weighted by atomic mass is 35.5. The Morgan fingerprint density at radius 1 is 0.944 bits per heavy atom. The van der Waals surface area contributed by atoms with Gasteiger partial charge in [-0.05, 0) is 41.4 Å². The van der Waals surface area contributed by atoms with Gasteiger partial charge in [0.25, 0.3) is 10.5 Å². The van der Waals surface area contributed by atoms with Crippen molar-refractivity contribution in [1.82, 2.24) is 0 Å². The first-order valence-electron chi connectivity index (χ1n) is 4.40. The number of amides is 1. The molecule has 1 aromatic carbocycles. The second-order valence-electron chi connectivity index (χ2n) is 3.11. The normalized spacial score (nSPS) is 9.67. The van der Waals surface area contributed by atoms with Crippen LogP contribution in [0.2, 0.25) is 0 Å². The number of carboxylic acid groups (broad SMARTS) is 1. The van der Waals surface area contributed by atoms with Crippen LogP contribution in [0.4, 0.5) is 5.69 Å². The first kappa shape index (κ1) is 14.1. The fourth-order valence-corrected chi connectivity index (χ4v) is 1.33. The van der Waals surface area contributed by atoms with Gasteiger partial charge in [0.1, 0.15) is 0 Å². The Morgan fingerprint density at radius 3 is 1.72 bits per heavy atom. The average molecular weight is 290 g/mol. The molecule has 18 heavy (non-hydrogen) atoms. The summed E-state index contributed by atoms with van der Waals surface area (Å²) in [4.78, 5) is 43.2. The number of halogens is 2. The van der Waals surface area contributed by atoms with Gasteiger partial charge in [-0.2, -0.15) is 0 Å². The zero-order chi connectivity index (χ0) is 13.9. The fourth-order valence-electron chi connectivity index (χ4n) is 1.11. The minimum Gasteiger partial charge on any atom is -0.474 e. The van der Waals surface area contributed by atoms with Crippen molar-refractivity contribution in [2.45, 2.75) is 0 Å². The van der Waals surface area contributed by atoms with Crippen LogP contribution in [0, 0.1) is 0 Å². The number of benzene rings is 1. The van der Waals surface area contributed by atoms with E-state index in [1.165, 1.54) is 0 Å². The summed E-state index contributed by atoms with van der Waals surface area (Å²) in [6.07, 6.45) is 0. The van der Waals surface area contributed by atoms with Crippen molar-refractivity contribution in [1.29, 1.82) is 0 Å². The minimum atomic E-state index is -1.71. The molecule has 0 atom stereocenters. The van der Waals surface area contributed by atoms with E-state index in [1.54, 1.807) is 0 Å². The molecule has 1 rings (SSSR count). The van der Waals surface area contributed by atoms with Crippen molar-refractivity contribution in [2.75, 3.05) is 5.32 Å². The maximum Gasteiger partial charge on any atom is 0.394 e. The van der Waals surface area contributed by atoms with Gasteiger partial charge in [0.2, 0.25) is 0 Å². The molecule has 6 nitrogen and oxygen atoms in total. The van der Waals surface area contributed by atoms with Crippen LogP contribution >= 0.6 is 23.2 Å². The highest BCUT2D eigenvalue weighted by Gasteiger charge is 2.15. The maximum absolute atomic E-state index is 11.0. The molecule has 8 heteroatoms. The largest absolute Gasteiger partial charge is 0.474 e. The number of carbonyl (C=O) groups is 4. The number of carboxylic acids is 1. The van der Waals surface area contributed by atoms with Gasteiger partial charge in [0.05, 0.1) is 0 Å². The molecule has 0 aliphatic heterocycles. The molecule has 0 saturated heterocycles. The van der Waals surface area contributed by atoms with E-state index in [0.29, 0.717) is 0 Å². The molecule has 0 aliphatic carbocycles. The molecule has 0 radical (unpaired) electrons. The van der Waals surface area contributed by atoms with Crippen molar-refractivity contribution in [3.8, 4) is 0 Å². The molecule has 0 unspecified atom stereocenters. The molecule has 1 aromatic rings. The van der Waals surface area contributed by atoms with E-state index in [2.05, 4.69) is 0 Å². The molecule has 1 amide bonds. The van der Waals surface area contributed by atoms with Crippen LogP contribution in [-0.2, 0) is 9.59 Å². The van der Waals surface area contributed by atoms with Gasteiger partial charge in [-0.15, -0.1) is 0 Å².